The second-order valence-electron chi connectivity index (χ2n) is 6.73. The van der Waals surface area contributed by atoms with E-state index in [1.165, 1.54) is 0 Å². The molecule has 1 aromatic carbocycles. The van der Waals surface area contributed by atoms with Crippen LogP contribution >= 0.6 is 0 Å². The van der Waals surface area contributed by atoms with Gasteiger partial charge in [-0.25, -0.2) is 0 Å². The molecule has 3 N–H and O–H groups in total. The molecular formula is C21H36N4O2. The summed E-state index contributed by atoms with van der Waals surface area (Å²) >= 11 is 0. The second-order valence-corrected chi connectivity index (χ2v) is 6.73. The third kappa shape index (κ3) is 10.6. The van der Waals surface area contributed by atoms with E-state index >= 15 is 0 Å². The Bertz CT molecular complexity index is 546. The van der Waals surface area contributed by atoms with Crippen LogP contribution in [-0.4, -0.2) is 44.2 Å². The van der Waals surface area contributed by atoms with Gasteiger partial charge < -0.3 is 20.7 Å². The zero-order chi connectivity index (χ0) is 19.9. The SMILES string of the molecule is CCNC(=NCCC(OCC)C(C)C)NCCC(=O)NCc1ccccc1. The molecule has 6 nitrogen and oxygen atoms in total. The van der Waals surface area contributed by atoms with E-state index in [2.05, 4.69) is 34.8 Å². The first-order valence-corrected chi connectivity index (χ1v) is 10.0. The van der Waals surface area contributed by atoms with E-state index in [0.29, 0.717) is 32.0 Å². The van der Waals surface area contributed by atoms with E-state index in [9.17, 15) is 4.79 Å². The predicted molar refractivity (Wildman–Crippen MR) is 112 cm³/mol. The molecule has 0 heterocycles. The van der Waals surface area contributed by atoms with Gasteiger partial charge in [0.2, 0.25) is 5.91 Å². The molecule has 0 saturated heterocycles. The summed E-state index contributed by atoms with van der Waals surface area (Å²) in [4.78, 5) is 16.6. The number of carbonyl (C=O) groups is 1. The molecule has 0 bridgehead atoms. The van der Waals surface area contributed by atoms with Crippen molar-refractivity contribution in [3.63, 3.8) is 0 Å². The van der Waals surface area contributed by atoms with E-state index in [1.807, 2.05) is 44.2 Å². The van der Waals surface area contributed by atoms with Crippen LogP contribution in [0.15, 0.2) is 35.3 Å². The van der Waals surface area contributed by atoms with E-state index in [0.717, 1.165) is 31.1 Å². The fourth-order valence-corrected chi connectivity index (χ4v) is 2.65. The minimum atomic E-state index is 0.0263. The van der Waals surface area contributed by atoms with Crippen LogP contribution < -0.4 is 16.0 Å². The summed E-state index contributed by atoms with van der Waals surface area (Å²) in [6.45, 7) is 11.7. The summed E-state index contributed by atoms with van der Waals surface area (Å²) in [6.07, 6.45) is 1.52. The van der Waals surface area contributed by atoms with Gasteiger partial charge in [-0.3, -0.25) is 9.79 Å². The molecule has 1 amide bonds. The summed E-state index contributed by atoms with van der Waals surface area (Å²) in [5.74, 6) is 1.25. The van der Waals surface area contributed by atoms with Gasteiger partial charge in [0, 0.05) is 39.2 Å². The highest BCUT2D eigenvalue weighted by Gasteiger charge is 2.12. The number of rotatable bonds is 12. The molecule has 152 valence electrons. The van der Waals surface area contributed by atoms with Gasteiger partial charge in [0.25, 0.3) is 0 Å². The Morgan fingerprint density at radius 2 is 1.85 bits per heavy atom. The standard InChI is InChI=1S/C21H36N4O2/c1-5-22-21(23-14-12-19(17(3)4)27-6-2)24-15-13-20(26)25-16-18-10-8-7-9-11-18/h7-11,17,19H,5-6,12-16H2,1-4H3,(H,25,26)(H2,22,23,24). The zero-order valence-corrected chi connectivity index (χ0v) is 17.3. The zero-order valence-electron chi connectivity index (χ0n) is 17.3. The van der Waals surface area contributed by atoms with Crippen molar-refractivity contribution in [2.24, 2.45) is 10.9 Å². The Kier molecular flexibility index (Phi) is 11.9. The molecule has 0 aromatic heterocycles. The van der Waals surface area contributed by atoms with Gasteiger partial charge in [0.05, 0.1) is 6.10 Å². The number of amides is 1. The summed E-state index contributed by atoms with van der Waals surface area (Å²) in [5.41, 5.74) is 1.10. The minimum absolute atomic E-state index is 0.0263. The lowest BCUT2D eigenvalue weighted by molar-refractivity contribution is -0.121. The molecule has 0 fully saturated rings. The largest absolute Gasteiger partial charge is 0.378 e. The lowest BCUT2D eigenvalue weighted by Gasteiger charge is -2.20. The minimum Gasteiger partial charge on any atom is -0.378 e. The molecule has 1 aromatic rings. The summed E-state index contributed by atoms with van der Waals surface area (Å²) in [5, 5.41) is 9.37. The molecule has 0 aliphatic carbocycles. The van der Waals surface area contributed by atoms with Crippen molar-refractivity contribution in [3.8, 4) is 0 Å². The fourth-order valence-electron chi connectivity index (χ4n) is 2.65. The number of ether oxygens (including phenoxy) is 1. The van der Waals surface area contributed by atoms with Crippen LogP contribution in [0.1, 0.15) is 46.1 Å². The first-order chi connectivity index (χ1) is 13.1. The third-order valence-corrected chi connectivity index (χ3v) is 4.13. The molecule has 0 aliphatic rings. The number of benzene rings is 1. The smallest absolute Gasteiger partial charge is 0.222 e. The lowest BCUT2D eigenvalue weighted by Crippen LogP contribution is -2.39. The van der Waals surface area contributed by atoms with Crippen LogP contribution in [0.5, 0.6) is 0 Å². The second kappa shape index (κ2) is 14.0. The maximum absolute atomic E-state index is 12.0. The quantitative estimate of drug-likeness (QED) is 0.387. The monoisotopic (exact) mass is 376 g/mol. The number of nitrogens with one attached hydrogen (secondary N) is 3. The molecule has 0 radical (unpaired) electrons. The number of carbonyl (C=O) groups excluding carboxylic acids is 1. The molecule has 0 spiro atoms. The first kappa shape index (κ1) is 23.0. The number of guanidine groups is 1. The van der Waals surface area contributed by atoms with Crippen molar-refractivity contribution in [2.45, 2.75) is 53.2 Å². The topological polar surface area (TPSA) is 74.8 Å². The van der Waals surface area contributed by atoms with Crippen molar-refractivity contribution >= 4 is 11.9 Å². The maximum atomic E-state index is 12.0. The van der Waals surface area contributed by atoms with E-state index in [4.69, 9.17) is 4.74 Å². The predicted octanol–water partition coefficient (Wildman–Crippen LogP) is 2.70. The molecule has 0 aliphatic heterocycles. The van der Waals surface area contributed by atoms with Gasteiger partial charge in [0.1, 0.15) is 0 Å². The first-order valence-electron chi connectivity index (χ1n) is 10.0. The highest BCUT2D eigenvalue weighted by molar-refractivity contribution is 5.81. The molecule has 1 unspecified atom stereocenters. The number of hydrogen-bond acceptors (Lipinski definition) is 3. The van der Waals surface area contributed by atoms with E-state index in [-0.39, 0.29) is 12.0 Å². The van der Waals surface area contributed by atoms with E-state index < -0.39 is 0 Å². The summed E-state index contributed by atoms with van der Waals surface area (Å²) in [7, 11) is 0. The number of aliphatic imine (C=N–C) groups is 1. The van der Waals surface area contributed by atoms with Gasteiger partial charge in [-0.1, -0.05) is 44.2 Å². The molecule has 6 heteroatoms. The number of hydrogen-bond donors (Lipinski definition) is 3. The van der Waals surface area contributed by atoms with Gasteiger partial charge in [-0.2, -0.15) is 0 Å². The summed E-state index contributed by atoms with van der Waals surface area (Å²) < 4.78 is 5.76. The Labute approximate surface area is 164 Å². The highest BCUT2D eigenvalue weighted by Crippen LogP contribution is 2.10. The van der Waals surface area contributed by atoms with Crippen LogP contribution in [0.2, 0.25) is 0 Å². The molecule has 27 heavy (non-hydrogen) atoms. The highest BCUT2D eigenvalue weighted by atomic mass is 16.5. The molecular weight excluding hydrogens is 340 g/mol. The molecule has 0 saturated carbocycles. The normalized spacial score (nSPS) is 12.7. The Balaban J connectivity index is 2.33. The number of nitrogens with zero attached hydrogens (tertiary/aromatic N) is 1. The van der Waals surface area contributed by atoms with Gasteiger partial charge in [0.15, 0.2) is 5.96 Å². The van der Waals surface area contributed by atoms with Gasteiger partial charge >= 0.3 is 0 Å². The van der Waals surface area contributed by atoms with Gasteiger partial charge in [-0.15, -0.1) is 0 Å². The van der Waals surface area contributed by atoms with Crippen molar-refractivity contribution in [1.82, 2.24) is 16.0 Å². The Morgan fingerprint density at radius 3 is 2.48 bits per heavy atom. The Morgan fingerprint density at radius 1 is 1.11 bits per heavy atom. The molecule has 1 rings (SSSR count). The lowest BCUT2D eigenvalue weighted by atomic mass is 10.0. The average Bonchev–Trinajstić information content (AvgIpc) is 2.66. The average molecular weight is 377 g/mol. The van der Waals surface area contributed by atoms with Crippen LogP contribution in [0.4, 0.5) is 0 Å². The van der Waals surface area contributed by atoms with Crippen molar-refractivity contribution in [3.05, 3.63) is 35.9 Å². The van der Waals surface area contributed by atoms with Crippen molar-refractivity contribution in [2.75, 3.05) is 26.2 Å². The van der Waals surface area contributed by atoms with Crippen LogP contribution in [0, 0.1) is 5.92 Å². The van der Waals surface area contributed by atoms with Crippen LogP contribution in [0.25, 0.3) is 0 Å². The fraction of sp³-hybridized carbons (Fsp3) is 0.619. The van der Waals surface area contributed by atoms with Crippen molar-refractivity contribution in [1.29, 1.82) is 0 Å². The summed E-state index contributed by atoms with van der Waals surface area (Å²) in [6, 6.07) is 9.91. The van der Waals surface area contributed by atoms with Crippen molar-refractivity contribution < 1.29 is 9.53 Å². The molecule has 1 atom stereocenters. The van der Waals surface area contributed by atoms with Crippen LogP contribution in [-0.2, 0) is 16.1 Å². The van der Waals surface area contributed by atoms with Gasteiger partial charge in [-0.05, 0) is 31.7 Å². The Hall–Kier alpha value is -2.08. The van der Waals surface area contributed by atoms with Crippen LogP contribution in [0.3, 0.4) is 0 Å². The third-order valence-electron chi connectivity index (χ3n) is 4.13. The van der Waals surface area contributed by atoms with E-state index in [1.54, 1.807) is 0 Å². The maximum Gasteiger partial charge on any atom is 0.222 e.